The zero-order valence-electron chi connectivity index (χ0n) is 12.6. The Kier molecular flexibility index (Phi) is 4.04. The van der Waals surface area contributed by atoms with Crippen LogP contribution >= 0.6 is 0 Å². The van der Waals surface area contributed by atoms with Crippen LogP contribution in [0.1, 0.15) is 32.3 Å². The van der Waals surface area contributed by atoms with Gasteiger partial charge in [-0.2, -0.15) is 0 Å². The van der Waals surface area contributed by atoms with Crippen molar-refractivity contribution in [1.29, 1.82) is 0 Å². The number of nitrogens with zero attached hydrogens (tertiary/aromatic N) is 1. The molecule has 1 heterocycles. The quantitative estimate of drug-likeness (QED) is 0.850. The van der Waals surface area contributed by atoms with Gasteiger partial charge in [0.2, 0.25) is 0 Å². The monoisotopic (exact) mass is 262 g/mol. The Morgan fingerprint density at radius 3 is 2.79 bits per heavy atom. The summed E-state index contributed by atoms with van der Waals surface area (Å²) in [6.07, 6.45) is 2.34. The fourth-order valence-electron chi connectivity index (χ4n) is 3.17. The molecule has 106 valence electrons. The molecule has 0 spiro atoms. The summed E-state index contributed by atoms with van der Waals surface area (Å²) in [5.41, 5.74) is 9.90. The number of piperidine rings is 1. The van der Waals surface area contributed by atoms with Crippen LogP contribution in [0.25, 0.3) is 0 Å². The molecular weight excluding hydrogens is 236 g/mol. The normalized spacial score (nSPS) is 22.5. The molecule has 3 nitrogen and oxygen atoms in total. The SMILES string of the molecule is COCC1CC(C)(C)CCN1c1c(C)cccc1N. The van der Waals surface area contributed by atoms with Crippen LogP contribution in [0, 0.1) is 12.3 Å². The van der Waals surface area contributed by atoms with Crippen LogP contribution in [-0.4, -0.2) is 26.3 Å². The van der Waals surface area contributed by atoms with Crippen LogP contribution in [0.4, 0.5) is 11.4 Å². The van der Waals surface area contributed by atoms with Crippen LogP contribution in [0.5, 0.6) is 0 Å². The third-order valence-electron chi connectivity index (χ3n) is 4.17. The second-order valence-electron chi connectivity index (χ2n) is 6.43. The Balaban J connectivity index is 2.31. The Bertz CT molecular complexity index is 422. The first-order valence-corrected chi connectivity index (χ1v) is 7.05. The number of para-hydroxylation sites is 1. The Labute approximate surface area is 116 Å². The zero-order chi connectivity index (χ0) is 14.0. The lowest BCUT2D eigenvalue weighted by Crippen LogP contribution is -2.48. The number of hydrogen-bond acceptors (Lipinski definition) is 3. The van der Waals surface area contributed by atoms with E-state index in [1.807, 2.05) is 12.1 Å². The van der Waals surface area contributed by atoms with E-state index in [-0.39, 0.29) is 0 Å². The minimum absolute atomic E-state index is 0.386. The highest BCUT2D eigenvalue weighted by Gasteiger charge is 2.34. The molecule has 1 aromatic rings. The summed E-state index contributed by atoms with van der Waals surface area (Å²) in [6, 6.07) is 6.56. The van der Waals surface area contributed by atoms with Crippen LogP contribution in [0.3, 0.4) is 0 Å². The van der Waals surface area contributed by atoms with E-state index < -0.39 is 0 Å². The van der Waals surface area contributed by atoms with Crippen molar-refractivity contribution < 1.29 is 4.74 Å². The van der Waals surface area contributed by atoms with Gasteiger partial charge in [-0.05, 0) is 36.8 Å². The molecule has 1 aliphatic rings. The summed E-state index contributed by atoms with van der Waals surface area (Å²) < 4.78 is 5.42. The lowest BCUT2D eigenvalue weighted by molar-refractivity contribution is 0.132. The maximum atomic E-state index is 6.20. The summed E-state index contributed by atoms with van der Waals surface area (Å²) in [7, 11) is 1.78. The number of rotatable bonds is 3. The lowest BCUT2D eigenvalue weighted by Gasteiger charge is -2.45. The molecule has 1 unspecified atom stereocenters. The number of nitrogens with two attached hydrogens (primary N) is 1. The van der Waals surface area contributed by atoms with Crippen molar-refractivity contribution in [2.24, 2.45) is 5.41 Å². The molecule has 1 aromatic carbocycles. The number of benzene rings is 1. The molecule has 19 heavy (non-hydrogen) atoms. The van der Waals surface area contributed by atoms with Crippen molar-refractivity contribution in [3.05, 3.63) is 23.8 Å². The molecule has 0 aromatic heterocycles. The van der Waals surface area contributed by atoms with Crippen molar-refractivity contribution in [2.75, 3.05) is 30.9 Å². The second kappa shape index (κ2) is 5.41. The third-order valence-corrected chi connectivity index (χ3v) is 4.17. The van der Waals surface area contributed by atoms with Crippen molar-refractivity contribution in [2.45, 2.75) is 39.7 Å². The Morgan fingerprint density at radius 1 is 1.42 bits per heavy atom. The van der Waals surface area contributed by atoms with E-state index >= 15 is 0 Å². The average molecular weight is 262 g/mol. The molecule has 1 saturated heterocycles. The number of hydrogen-bond donors (Lipinski definition) is 1. The van der Waals surface area contributed by atoms with E-state index in [9.17, 15) is 0 Å². The number of ether oxygens (including phenoxy) is 1. The summed E-state index contributed by atoms with van der Waals surface area (Å²) in [5.74, 6) is 0. The lowest BCUT2D eigenvalue weighted by atomic mass is 9.78. The van der Waals surface area contributed by atoms with E-state index in [1.165, 1.54) is 17.7 Å². The molecule has 0 radical (unpaired) electrons. The van der Waals surface area contributed by atoms with Crippen molar-refractivity contribution in [1.82, 2.24) is 0 Å². The van der Waals surface area contributed by atoms with E-state index in [0.717, 1.165) is 25.3 Å². The first-order valence-electron chi connectivity index (χ1n) is 7.05. The Hall–Kier alpha value is -1.22. The summed E-state index contributed by atoms with van der Waals surface area (Å²) in [4.78, 5) is 2.44. The van der Waals surface area contributed by atoms with Gasteiger partial charge < -0.3 is 15.4 Å². The number of nitrogen functional groups attached to an aromatic ring is 1. The minimum atomic E-state index is 0.386. The standard InChI is InChI=1S/C16H26N2O/c1-12-6-5-7-14(17)15(12)18-9-8-16(2,3)10-13(18)11-19-4/h5-7,13H,8-11,17H2,1-4H3. The molecule has 0 amide bonds. The Morgan fingerprint density at radius 2 is 2.16 bits per heavy atom. The van der Waals surface area contributed by atoms with Gasteiger partial charge in [-0.25, -0.2) is 0 Å². The van der Waals surface area contributed by atoms with Crippen LogP contribution < -0.4 is 10.6 Å². The van der Waals surface area contributed by atoms with Gasteiger partial charge in [-0.15, -0.1) is 0 Å². The summed E-state index contributed by atoms with van der Waals surface area (Å²) in [5, 5.41) is 0. The highest BCUT2D eigenvalue weighted by molar-refractivity contribution is 5.72. The maximum Gasteiger partial charge on any atom is 0.0666 e. The first-order chi connectivity index (χ1) is 8.94. The van der Waals surface area contributed by atoms with E-state index in [4.69, 9.17) is 10.5 Å². The van der Waals surface area contributed by atoms with Gasteiger partial charge >= 0.3 is 0 Å². The fourth-order valence-corrected chi connectivity index (χ4v) is 3.17. The van der Waals surface area contributed by atoms with Crippen molar-refractivity contribution in [3.63, 3.8) is 0 Å². The van der Waals surface area contributed by atoms with Crippen LogP contribution in [0.2, 0.25) is 0 Å². The first kappa shape index (κ1) is 14.2. The minimum Gasteiger partial charge on any atom is -0.397 e. The van der Waals surface area contributed by atoms with Gasteiger partial charge in [0.15, 0.2) is 0 Å². The van der Waals surface area contributed by atoms with Crippen LogP contribution in [-0.2, 0) is 4.74 Å². The average Bonchev–Trinajstić information content (AvgIpc) is 2.31. The van der Waals surface area contributed by atoms with Crippen LogP contribution in [0.15, 0.2) is 18.2 Å². The van der Waals surface area contributed by atoms with E-state index in [0.29, 0.717) is 11.5 Å². The predicted octanol–water partition coefficient (Wildman–Crippen LogP) is 3.22. The van der Waals surface area contributed by atoms with Gasteiger partial charge in [0, 0.05) is 13.7 Å². The third kappa shape index (κ3) is 3.03. The molecule has 0 aliphatic carbocycles. The van der Waals surface area contributed by atoms with Gasteiger partial charge in [-0.3, -0.25) is 0 Å². The van der Waals surface area contributed by atoms with E-state index in [1.54, 1.807) is 7.11 Å². The fraction of sp³-hybridized carbons (Fsp3) is 0.625. The zero-order valence-corrected chi connectivity index (χ0v) is 12.6. The molecule has 2 rings (SSSR count). The molecule has 0 bridgehead atoms. The highest BCUT2D eigenvalue weighted by Crippen LogP contribution is 2.39. The largest absolute Gasteiger partial charge is 0.397 e. The molecule has 1 fully saturated rings. The summed E-state index contributed by atoms with van der Waals surface area (Å²) >= 11 is 0. The molecular formula is C16H26N2O. The maximum absolute atomic E-state index is 6.20. The molecule has 1 aliphatic heterocycles. The summed E-state index contributed by atoms with van der Waals surface area (Å²) in [6.45, 7) is 8.63. The van der Waals surface area contributed by atoms with Gasteiger partial charge in [0.25, 0.3) is 0 Å². The molecule has 2 N–H and O–H groups in total. The van der Waals surface area contributed by atoms with Crippen molar-refractivity contribution >= 4 is 11.4 Å². The topological polar surface area (TPSA) is 38.5 Å². The van der Waals surface area contributed by atoms with E-state index in [2.05, 4.69) is 31.7 Å². The second-order valence-corrected chi connectivity index (χ2v) is 6.43. The molecule has 3 heteroatoms. The molecule has 1 atom stereocenters. The predicted molar refractivity (Wildman–Crippen MR) is 81.6 cm³/mol. The molecule has 0 saturated carbocycles. The smallest absolute Gasteiger partial charge is 0.0666 e. The van der Waals surface area contributed by atoms with Gasteiger partial charge in [0.05, 0.1) is 24.0 Å². The van der Waals surface area contributed by atoms with Crippen molar-refractivity contribution in [3.8, 4) is 0 Å². The number of methoxy groups -OCH3 is 1. The van der Waals surface area contributed by atoms with Gasteiger partial charge in [-0.1, -0.05) is 26.0 Å². The number of aryl methyl sites for hydroxylation is 1. The highest BCUT2D eigenvalue weighted by atomic mass is 16.5. The van der Waals surface area contributed by atoms with Gasteiger partial charge in [0.1, 0.15) is 0 Å². The number of anilines is 2.